The maximum Gasteiger partial charge on any atom is 0.123 e. The van der Waals surface area contributed by atoms with Crippen molar-refractivity contribution in [2.24, 2.45) is 12.8 Å². The zero-order valence-electron chi connectivity index (χ0n) is 10.4. The maximum absolute atomic E-state index is 12.9. The van der Waals surface area contributed by atoms with E-state index in [1.807, 2.05) is 7.05 Å². The molecule has 2 aromatic rings. The first kappa shape index (κ1) is 12.6. The van der Waals surface area contributed by atoms with Crippen LogP contribution < -0.4 is 11.1 Å². The molecule has 0 bridgehead atoms. The molecule has 0 spiro atoms. The van der Waals surface area contributed by atoms with Gasteiger partial charge in [0.05, 0.1) is 17.6 Å². The highest BCUT2D eigenvalue weighted by atomic mass is 19.1. The second-order valence-corrected chi connectivity index (χ2v) is 4.11. The number of aromatic nitrogens is 2. The summed E-state index contributed by atoms with van der Waals surface area (Å²) in [5.41, 5.74) is 8.29. The Balaban J connectivity index is 2.25. The van der Waals surface area contributed by atoms with Crippen LogP contribution >= 0.6 is 0 Å². The number of nitrogens with two attached hydrogens (primary N) is 1. The van der Waals surface area contributed by atoms with E-state index >= 15 is 0 Å². The van der Waals surface area contributed by atoms with Crippen molar-refractivity contribution >= 4 is 5.69 Å². The molecule has 0 aliphatic rings. The number of hydrogen-bond acceptors (Lipinski definition) is 3. The predicted molar refractivity (Wildman–Crippen MR) is 70.8 cm³/mol. The summed E-state index contributed by atoms with van der Waals surface area (Å²) < 4.78 is 14.7. The van der Waals surface area contributed by atoms with Gasteiger partial charge in [-0.2, -0.15) is 5.10 Å². The summed E-state index contributed by atoms with van der Waals surface area (Å²) in [5, 5.41) is 7.51. The molecule has 0 saturated carbocycles. The monoisotopic (exact) mass is 248 g/mol. The van der Waals surface area contributed by atoms with Gasteiger partial charge in [0.2, 0.25) is 0 Å². The number of anilines is 1. The molecule has 1 aromatic carbocycles. The highest BCUT2D eigenvalue weighted by molar-refractivity contribution is 5.74. The molecular formula is C13H17FN4. The van der Waals surface area contributed by atoms with Crippen LogP contribution in [0.15, 0.2) is 30.5 Å². The lowest BCUT2D eigenvalue weighted by Gasteiger charge is -2.08. The van der Waals surface area contributed by atoms with E-state index in [9.17, 15) is 4.39 Å². The molecule has 96 valence electrons. The highest BCUT2D eigenvalue weighted by Gasteiger charge is 2.10. The number of nitrogens with one attached hydrogen (secondary N) is 1. The van der Waals surface area contributed by atoms with Crippen molar-refractivity contribution in [2.45, 2.75) is 6.42 Å². The summed E-state index contributed by atoms with van der Waals surface area (Å²) in [5.74, 6) is -0.237. The van der Waals surface area contributed by atoms with Gasteiger partial charge >= 0.3 is 0 Å². The van der Waals surface area contributed by atoms with Gasteiger partial charge in [0.25, 0.3) is 0 Å². The summed E-state index contributed by atoms with van der Waals surface area (Å²) in [6.07, 6.45) is 2.67. The van der Waals surface area contributed by atoms with Crippen LogP contribution in [0.2, 0.25) is 0 Å². The molecule has 1 heterocycles. The second-order valence-electron chi connectivity index (χ2n) is 4.11. The Morgan fingerprint density at radius 1 is 1.33 bits per heavy atom. The molecule has 18 heavy (non-hydrogen) atoms. The predicted octanol–water partition coefficient (Wildman–Crippen LogP) is 1.99. The van der Waals surface area contributed by atoms with E-state index in [1.165, 1.54) is 12.1 Å². The molecule has 4 nitrogen and oxygen atoms in total. The Labute approximate surface area is 106 Å². The smallest absolute Gasteiger partial charge is 0.123 e. The van der Waals surface area contributed by atoms with Crippen molar-refractivity contribution in [3.63, 3.8) is 0 Å². The number of halogens is 1. The van der Waals surface area contributed by atoms with E-state index in [0.29, 0.717) is 6.54 Å². The SMILES string of the molecule is Cn1ncc(NCCCN)c1-c1ccc(F)cc1. The van der Waals surface area contributed by atoms with E-state index in [2.05, 4.69) is 10.4 Å². The van der Waals surface area contributed by atoms with E-state index in [1.54, 1.807) is 23.0 Å². The fourth-order valence-corrected chi connectivity index (χ4v) is 1.84. The van der Waals surface area contributed by atoms with Crippen LogP contribution in [0.3, 0.4) is 0 Å². The first-order valence-electron chi connectivity index (χ1n) is 5.94. The summed E-state index contributed by atoms with van der Waals surface area (Å²) in [4.78, 5) is 0. The minimum absolute atomic E-state index is 0.237. The summed E-state index contributed by atoms with van der Waals surface area (Å²) in [6, 6.07) is 6.40. The van der Waals surface area contributed by atoms with Crippen molar-refractivity contribution in [1.82, 2.24) is 9.78 Å². The lowest BCUT2D eigenvalue weighted by molar-refractivity contribution is 0.628. The van der Waals surface area contributed by atoms with Crippen LogP contribution in [-0.2, 0) is 7.05 Å². The van der Waals surface area contributed by atoms with Crippen LogP contribution in [0, 0.1) is 5.82 Å². The lowest BCUT2D eigenvalue weighted by Crippen LogP contribution is -2.08. The van der Waals surface area contributed by atoms with Gasteiger partial charge in [-0.1, -0.05) is 0 Å². The number of rotatable bonds is 5. The van der Waals surface area contributed by atoms with Gasteiger partial charge in [-0.3, -0.25) is 4.68 Å². The van der Waals surface area contributed by atoms with Crippen LogP contribution in [0.1, 0.15) is 6.42 Å². The summed E-state index contributed by atoms with van der Waals surface area (Å²) in [7, 11) is 1.87. The number of aryl methyl sites for hydroxylation is 1. The quantitative estimate of drug-likeness (QED) is 0.796. The number of nitrogens with zero attached hydrogens (tertiary/aromatic N) is 2. The van der Waals surface area contributed by atoms with Crippen molar-refractivity contribution < 1.29 is 4.39 Å². The van der Waals surface area contributed by atoms with Gasteiger partial charge in [-0.25, -0.2) is 4.39 Å². The van der Waals surface area contributed by atoms with Crippen molar-refractivity contribution in [1.29, 1.82) is 0 Å². The average Bonchev–Trinajstić information content (AvgIpc) is 2.72. The van der Waals surface area contributed by atoms with E-state index in [-0.39, 0.29) is 5.82 Å². The third-order valence-electron chi connectivity index (χ3n) is 2.75. The van der Waals surface area contributed by atoms with Crippen LogP contribution in [0.4, 0.5) is 10.1 Å². The zero-order chi connectivity index (χ0) is 13.0. The molecule has 0 aliphatic carbocycles. The van der Waals surface area contributed by atoms with Crippen molar-refractivity contribution in [3.05, 3.63) is 36.3 Å². The van der Waals surface area contributed by atoms with Gasteiger partial charge in [0, 0.05) is 19.2 Å². The molecule has 5 heteroatoms. The molecule has 0 amide bonds. The Morgan fingerprint density at radius 2 is 2.06 bits per heavy atom. The molecule has 0 radical (unpaired) electrons. The fraction of sp³-hybridized carbons (Fsp3) is 0.308. The second kappa shape index (κ2) is 5.64. The third-order valence-corrected chi connectivity index (χ3v) is 2.75. The average molecular weight is 248 g/mol. The van der Waals surface area contributed by atoms with Gasteiger partial charge < -0.3 is 11.1 Å². The van der Waals surface area contributed by atoms with Gasteiger partial charge in [-0.05, 0) is 37.2 Å². The van der Waals surface area contributed by atoms with Crippen LogP contribution in [-0.4, -0.2) is 22.9 Å². The Morgan fingerprint density at radius 3 is 2.72 bits per heavy atom. The molecule has 0 saturated heterocycles. The van der Waals surface area contributed by atoms with Gasteiger partial charge in [-0.15, -0.1) is 0 Å². The van der Waals surface area contributed by atoms with E-state index in [4.69, 9.17) is 5.73 Å². The van der Waals surface area contributed by atoms with Gasteiger partial charge in [0.1, 0.15) is 5.82 Å². The van der Waals surface area contributed by atoms with Crippen molar-refractivity contribution in [2.75, 3.05) is 18.4 Å². The maximum atomic E-state index is 12.9. The lowest BCUT2D eigenvalue weighted by atomic mass is 10.1. The van der Waals surface area contributed by atoms with E-state index < -0.39 is 0 Å². The highest BCUT2D eigenvalue weighted by Crippen LogP contribution is 2.27. The standard InChI is InChI=1S/C13H17FN4/c1-18-13(10-3-5-11(14)6-4-10)12(9-17-18)16-8-2-7-15/h3-6,9,16H,2,7-8,15H2,1H3. The normalized spacial score (nSPS) is 10.6. The van der Waals surface area contributed by atoms with Gasteiger partial charge in [0.15, 0.2) is 0 Å². The number of benzene rings is 1. The zero-order valence-corrected chi connectivity index (χ0v) is 10.4. The molecule has 0 aliphatic heterocycles. The van der Waals surface area contributed by atoms with E-state index in [0.717, 1.165) is 29.9 Å². The molecule has 3 N–H and O–H groups in total. The summed E-state index contributed by atoms with van der Waals surface area (Å²) in [6.45, 7) is 1.45. The molecule has 0 fully saturated rings. The minimum Gasteiger partial charge on any atom is -0.382 e. The fourth-order valence-electron chi connectivity index (χ4n) is 1.84. The molecule has 1 aromatic heterocycles. The summed E-state index contributed by atoms with van der Waals surface area (Å²) >= 11 is 0. The Hall–Kier alpha value is -1.88. The van der Waals surface area contributed by atoms with Crippen molar-refractivity contribution in [3.8, 4) is 11.3 Å². The molecular weight excluding hydrogens is 231 g/mol. The van der Waals surface area contributed by atoms with Crippen LogP contribution in [0.25, 0.3) is 11.3 Å². The molecule has 2 rings (SSSR count). The largest absolute Gasteiger partial charge is 0.382 e. The van der Waals surface area contributed by atoms with Crippen LogP contribution in [0.5, 0.6) is 0 Å². The number of hydrogen-bond donors (Lipinski definition) is 2. The third kappa shape index (κ3) is 2.68. The molecule has 0 atom stereocenters. The molecule has 0 unspecified atom stereocenters. The Bertz CT molecular complexity index is 504. The first-order valence-corrected chi connectivity index (χ1v) is 5.94. The minimum atomic E-state index is -0.237. The Kier molecular flexibility index (Phi) is 3.94. The topological polar surface area (TPSA) is 55.9 Å². The first-order chi connectivity index (χ1) is 8.72.